The van der Waals surface area contributed by atoms with Crippen LogP contribution in [0.2, 0.25) is 0 Å². The number of nitrogens with zero attached hydrogens (tertiary/aromatic N) is 2. The quantitative estimate of drug-likeness (QED) is 0.360. The second-order valence-electron chi connectivity index (χ2n) is 2.98. The molecule has 80 valence electrons. The molecule has 0 saturated heterocycles. The van der Waals surface area contributed by atoms with Gasteiger partial charge in [-0.05, 0) is 6.07 Å². The number of terminal acetylenes is 1. The lowest BCUT2D eigenvalue weighted by molar-refractivity contribution is -0.384. The van der Waals surface area contributed by atoms with E-state index in [1.165, 1.54) is 18.2 Å². The molecular formula is C11H9N3O2. The van der Waals surface area contributed by atoms with E-state index < -0.39 is 4.92 Å². The molecule has 5 nitrogen and oxygen atoms in total. The highest BCUT2D eigenvalue weighted by molar-refractivity contribution is 5.61. The number of non-ortho nitro benzene ring substituents is 1. The molecule has 1 rings (SSSR count). The van der Waals surface area contributed by atoms with Gasteiger partial charge in [-0.2, -0.15) is 5.26 Å². The zero-order valence-electron chi connectivity index (χ0n) is 8.43. The minimum atomic E-state index is -0.536. The normalized spacial score (nSPS) is 8.88. The third-order valence-corrected chi connectivity index (χ3v) is 1.92. The molecule has 0 fully saturated rings. The van der Waals surface area contributed by atoms with Crippen molar-refractivity contribution in [1.29, 1.82) is 5.26 Å². The summed E-state index contributed by atoms with van der Waals surface area (Å²) in [5, 5.41) is 22.3. The molecule has 0 aliphatic heterocycles. The second kappa shape index (κ2) is 5.38. The SMILES string of the molecule is C#CCCNc1ccc([N+](=O)[O-])cc1C#N. The van der Waals surface area contributed by atoms with Gasteiger partial charge in [0.05, 0.1) is 16.2 Å². The molecule has 0 unspecified atom stereocenters. The number of nitro groups is 1. The molecule has 0 atom stereocenters. The number of rotatable bonds is 4. The molecule has 1 N–H and O–H groups in total. The summed E-state index contributed by atoms with van der Waals surface area (Å²) in [4.78, 5) is 9.95. The molecule has 0 spiro atoms. The molecule has 1 aromatic carbocycles. The summed E-state index contributed by atoms with van der Waals surface area (Å²) < 4.78 is 0. The van der Waals surface area contributed by atoms with E-state index in [9.17, 15) is 10.1 Å². The molecule has 0 bridgehead atoms. The van der Waals surface area contributed by atoms with Gasteiger partial charge < -0.3 is 5.32 Å². The van der Waals surface area contributed by atoms with Crippen LogP contribution in [0.3, 0.4) is 0 Å². The van der Waals surface area contributed by atoms with Crippen molar-refractivity contribution in [3.05, 3.63) is 33.9 Å². The molecule has 0 radical (unpaired) electrons. The topological polar surface area (TPSA) is 79.0 Å². The Hall–Kier alpha value is -2.53. The van der Waals surface area contributed by atoms with Crippen LogP contribution >= 0.6 is 0 Å². The van der Waals surface area contributed by atoms with Crippen molar-refractivity contribution in [3.63, 3.8) is 0 Å². The zero-order chi connectivity index (χ0) is 12.0. The van der Waals surface area contributed by atoms with Gasteiger partial charge in [0.25, 0.3) is 5.69 Å². The summed E-state index contributed by atoms with van der Waals surface area (Å²) in [6.07, 6.45) is 5.61. The monoisotopic (exact) mass is 215 g/mol. The highest BCUT2D eigenvalue weighted by Gasteiger charge is 2.09. The molecule has 16 heavy (non-hydrogen) atoms. The van der Waals surface area contributed by atoms with Crippen LogP contribution in [0.4, 0.5) is 11.4 Å². The average Bonchev–Trinajstić information content (AvgIpc) is 2.29. The largest absolute Gasteiger partial charge is 0.383 e. The Morgan fingerprint density at radius 3 is 2.88 bits per heavy atom. The van der Waals surface area contributed by atoms with Crippen molar-refractivity contribution >= 4 is 11.4 Å². The Morgan fingerprint density at radius 2 is 2.31 bits per heavy atom. The van der Waals surface area contributed by atoms with Crippen molar-refractivity contribution in [2.75, 3.05) is 11.9 Å². The maximum Gasteiger partial charge on any atom is 0.270 e. The molecule has 0 heterocycles. The fourth-order valence-corrected chi connectivity index (χ4v) is 1.16. The lowest BCUT2D eigenvalue weighted by atomic mass is 10.1. The number of nitro benzene ring substituents is 1. The van der Waals surface area contributed by atoms with Crippen LogP contribution in [0, 0.1) is 33.8 Å². The smallest absolute Gasteiger partial charge is 0.270 e. The molecule has 5 heteroatoms. The van der Waals surface area contributed by atoms with Crippen molar-refractivity contribution in [2.24, 2.45) is 0 Å². The molecular weight excluding hydrogens is 206 g/mol. The van der Waals surface area contributed by atoms with E-state index in [1.807, 2.05) is 6.07 Å². The summed E-state index contributed by atoms with van der Waals surface area (Å²) in [7, 11) is 0. The van der Waals surface area contributed by atoms with Crippen molar-refractivity contribution < 1.29 is 4.92 Å². The maximum atomic E-state index is 10.5. The van der Waals surface area contributed by atoms with E-state index in [0.29, 0.717) is 18.7 Å². The van der Waals surface area contributed by atoms with E-state index in [1.54, 1.807) is 0 Å². The van der Waals surface area contributed by atoms with Gasteiger partial charge in [0.1, 0.15) is 6.07 Å². The van der Waals surface area contributed by atoms with E-state index in [-0.39, 0.29) is 11.3 Å². The third kappa shape index (κ3) is 2.73. The van der Waals surface area contributed by atoms with Crippen molar-refractivity contribution in [1.82, 2.24) is 0 Å². The van der Waals surface area contributed by atoms with Crippen molar-refractivity contribution in [2.45, 2.75) is 6.42 Å². The maximum absolute atomic E-state index is 10.5. The molecule has 0 aromatic heterocycles. The number of nitrogens with one attached hydrogen (secondary N) is 1. The lowest BCUT2D eigenvalue weighted by Gasteiger charge is -2.05. The van der Waals surface area contributed by atoms with Crippen LogP contribution in [0.25, 0.3) is 0 Å². The number of nitriles is 1. The minimum Gasteiger partial charge on any atom is -0.383 e. The first kappa shape index (κ1) is 11.5. The Morgan fingerprint density at radius 1 is 1.56 bits per heavy atom. The molecule has 0 aliphatic carbocycles. The Balaban J connectivity index is 2.91. The molecule has 0 amide bonds. The van der Waals surface area contributed by atoms with E-state index in [4.69, 9.17) is 11.7 Å². The first-order valence-corrected chi connectivity index (χ1v) is 4.55. The Labute approximate surface area is 92.9 Å². The highest BCUT2D eigenvalue weighted by Crippen LogP contribution is 2.21. The van der Waals surface area contributed by atoms with Gasteiger partial charge >= 0.3 is 0 Å². The van der Waals surface area contributed by atoms with Crippen molar-refractivity contribution in [3.8, 4) is 18.4 Å². The summed E-state index contributed by atoms with van der Waals surface area (Å²) in [5.41, 5.74) is 0.702. The Kier molecular flexibility index (Phi) is 3.88. The average molecular weight is 215 g/mol. The standard InChI is InChI=1S/C11H9N3O2/c1-2-3-6-13-11-5-4-10(14(15)16)7-9(11)8-12/h1,4-5,7,13H,3,6H2. The fourth-order valence-electron chi connectivity index (χ4n) is 1.16. The van der Waals surface area contributed by atoms with Gasteiger partial charge in [-0.25, -0.2) is 0 Å². The number of benzene rings is 1. The number of hydrogen-bond donors (Lipinski definition) is 1. The molecule has 0 saturated carbocycles. The number of hydrogen-bond acceptors (Lipinski definition) is 4. The minimum absolute atomic E-state index is 0.0981. The predicted molar refractivity (Wildman–Crippen MR) is 59.8 cm³/mol. The van der Waals surface area contributed by atoms with Crippen LogP contribution in [-0.2, 0) is 0 Å². The van der Waals surface area contributed by atoms with Crippen LogP contribution in [0.1, 0.15) is 12.0 Å². The third-order valence-electron chi connectivity index (χ3n) is 1.92. The van der Waals surface area contributed by atoms with E-state index in [2.05, 4.69) is 11.2 Å². The summed E-state index contributed by atoms with van der Waals surface area (Å²) in [6.45, 7) is 0.531. The van der Waals surface area contributed by atoms with Crippen LogP contribution in [0.5, 0.6) is 0 Å². The zero-order valence-corrected chi connectivity index (χ0v) is 8.43. The Bertz CT molecular complexity index is 483. The van der Waals surface area contributed by atoms with Gasteiger partial charge in [-0.1, -0.05) is 0 Å². The second-order valence-corrected chi connectivity index (χ2v) is 2.98. The van der Waals surface area contributed by atoms with Gasteiger partial charge in [-0.15, -0.1) is 12.3 Å². The van der Waals surface area contributed by atoms with Crippen LogP contribution < -0.4 is 5.32 Å². The summed E-state index contributed by atoms with van der Waals surface area (Å²) in [6, 6.07) is 5.99. The summed E-state index contributed by atoms with van der Waals surface area (Å²) in [5.74, 6) is 2.45. The fraction of sp³-hybridized carbons (Fsp3) is 0.182. The highest BCUT2D eigenvalue weighted by atomic mass is 16.6. The first-order chi connectivity index (χ1) is 7.69. The van der Waals surface area contributed by atoms with Gasteiger partial charge in [0.15, 0.2) is 0 Å². The first-order valence-electron chi connectivity index (χ1n) is 4.55. The van der Waals surface area contributed by atoms with Gasteiger partial charge in [0, 0.05) is 25.1 Å². The van der Waals surface area contributed by atoms with Crippen LogP contribution in [-0.4, -0.2) is 11.5 Å². The lowest BCUT2D eigenvalue weighted by Crippen LogP contribution is -2.02. The van der Waals surface area contributed by atoms with E-state index in [0.717, 1.165) is 0 Å². The predicted octanol–water partition coefficient (Wildman–Crippen LogP) is 1.90. The molecule has 0 aliphatic rings. The van der Waals surface area contributed by atoms with Crippen LogP contribution in [0.15, 0.2) is 18.2 Å². The number of anilines is 1. The van der Waals surface area contributed by atoms with Gasteiger partial charge in [-0.3, -0.25) is 10.1 Å². The van der Waals surface area contributed by atoms with E-state index >= 15 is 0 Å². The van der Waals surface area contributed by atoms with Gasteiger partial charge in [0.2, 0.25) is 0 Å². The molecule has 1 aromatic rings. The summed E-state index contributed by atoms with van der Waals surface area (Å²) >= 11 is 0.